The van der Waals surface area contributed by atoms with Crippen molar-refractivity contribution in [2.45, 2.75) is 0 Å². The summed E-state index contributed by atoms with van der Waals surface area (Å²) >= 11 is 0. The maximum atomic E-state index is 10.1. The molecule has 0 spiro atoms. The van der Waals surface area contributed by atoms with Gasteiger partial charge in [0.15, 0.2) is 0 Å². The summed E-state index contributed by atoms with van der Waals surface area (Å²) in [6.45, 7) is 0. The van der Waals surface area contributed by atoms with E-state index in [0.717, 1.165) is 6.07 Å². The second kappa shape index (κ2) is 4.83. The largest absolute Gasteiger partial charge is 1.00 e. The first kappa shape index (κ1) is 12.7. The third kappa shape index (κ3) is 5.12. The molecule has 0 aliphatic carbocycles. The predicted molar refractivity (Wildman–Crippen MR) is 38.4 cm³/mol. The average molecular weight is 212 g/mol. The number of rotatable bonds is 2. The molecule has 0 unspecified atom stereocenters. The molecule has 0 saturated heterocycles. The van der Waals surface area contributed by atoms with Crippen LogP contribution < -0.4 is 33.7 Å². The zero-order valence-electron chi connectivity index (χ0n) is 6.80. The van der Waals surface area contributed by atoms with E-state index >= 15 is 0 Å². The molecule has 0 atom stereocenters. The number of hydrogen-bond acceptors (Lipinski definition) is 5. The van der Waals surface area contributed by atoms with Gasteiger partial charge in [0.05, 0.1) is 0 Å². The van der Waals surface area contributed by atoms with Gasteiger partial charge in [0, 0.05) is 6.07 Å². The van der Waals surface area contributed by atoms with Crippen molar-refractivity contribution in [3.05, 3.63) is 24.3 Å². The third-order valence-electron chi connectivity index (χ3n) is 1.02. The van der Waals surface area contributed by atoms with Crippen LogP contribution in [0.2, 0.25) is 0 Å². The smallest absolute Gasteiger partial charge is 0.716 e. The van der Waals surface area contributed by atoms with Gasteiger partial charge < -0.3 is 13.8 Å². The number of benzene rings is 1. The Hall–Kier alpha value is -0.270. The second-order valence-corrected chi connectivity index (χ2v) is 2.97. The van der Waals surface area contributed by atoms with Crippen molar-refractivity contribution < 1.29 is 51.8 Å². The summed E-state index contributed by atoms with van der Waals surface area (Å²) in [6.07, 6.45) is 0. The Kier molecular flexibility index (Phi) is 4.72. The zero-order chi connectivity index (χ0) is 9.19. The van der Waals surface area contributed by atoms with Crippen molar-refractivity contribution in [2.75, 3.05) is 0 Å². The van der Waals surface area contributed by atoms with E-state index in [-0.39, 0.29) is 41.1 Å². The number of phenolic OH excluding ortho intramolecular Hbond substituents is 1. The van der Waals surface area contributed by atoms with Crippen LogP contribution in [0.4, 0.5) is 0 Å². The van der Waals surface area contributed by atoms with Gasteiger partial charge in [-0.3, -0.25) is 0 Å². The van der Waals surface area contributed by atoms with Crippen LogP contribution in [0, 0.1) is 0 Å². The molecule has 0 aromatic heterocycles. The average Bonchev–Trinajstić information content (AvgIpc) is 1.82. The molecule has 0 radical (unpaired) electrons. The molecule has 0 fully saturated rings. The van der Waals surface area contributed by atoms with Crippen LogP contribution >= 0.6 is 0 Å². The minimum atomic E-state index is -4.76. The molecule has 0 aliphatic rings. The van der Waals surface area contributed by atoms with Gasteiger partial charge in [-0.2, -0.15) is 0 Å². The number of hydrogen-bond donors (Lipinski definition) is 1. The van der Waals surface area contributed by atoms with E-state index in [9.17, 15) is 13.0 Å². The van der Waals surface area contributed by atoms with Crippen LogP contribution in [0.1, 0.15) is 0 Å². The second-order valence-electron chi connectivity index (χ2n) is 1.99. The zero-order valence-corrected chi connectivity index (χ0v) is 9.61. The van der Waals surface area contributed by atoms with Gasteiger partial charge in [-0.25, -0.2) is 8.42 Å². The maximum Gasteiger partial charge on any atom is 1.00 e. The topological polar surface area (TPSA) is 86.7 Å². The van der Waals surface area contributed by atoms with Crippen molar-refractivity contribution in [2.24, 2.45) is 0 Å². The van der Waals surface area contributed by atoms with E-state index in [2.05, 4.69) is 4.18 Å². The standard InChI is InChI=1S/C6H6O5S.Na/c7-5-2-1-3-6(4-5)11-12(8,9)10;/h1-4,7H,(H,8,9,10);/q;+1/p-1. The van der Waals surface area contributed by atoms with E-state index in [1.165, 1.54) is 18.2 Å². The first-order valence-corrected chi connectivity index (χ1v) is 4.25. The van der Waals surface area contributed by atoms with Crippen LogP contribution in [-0.4, -0.2) is 18.1 Å². The molecule has 1 rings (SSSR count). The minimum Gasteiger partial charge on any atom is -0.716 e. The normalized spacial score (nSPS) is 10.2. The van der Waals surface area contributed by atoms with E-state index in [0.29, 0.717) is 0 Å². The Bertz CT molecular complexity index is 374. The van der Waals surface area contributed by atoms with Crippen LogP contribution in [0.3, 0.4) is 0 Å². The quantitative estimate of drug-likeness (QED) is 0.326. The summed E-state index contributed by atoms with van der Waals surface area (Å²) in [5.74, 6) is -0.374. The molecular formula is C6H5NaO5S. The molecule has 1 aromatic rings. The summed E-state index contributed by atoms with van der Waals surface area (Å²) < 4.78 is 34.1. The van der Waals surface area contributed by atoms with Gasteiger partial charge in [-0.1, -0.05) is 6.07 Å². The molecule has 0 saturated carbocycles. The summed E-state index contributed by atoms with van der Waals surface area (Å²) in [5, 5.41) is 8.83. The third-order valence-corrected chi connectivity index (χ3v) is 1.41. The first-order chi connectivity index (χ1) is 5.47. The Morgan fingerprint density at radius 2 is 2.00 bits per heavy atom. The summed E-state index contributed by atoms with van der Waals surface area (Å²) in [5.41, 5.74) is 0. The fourth-order valence-electron chi connectivity index (χ4n) is 0.653. The molecule has 1 aromatic carbocycles. The van der Waals surface area contributed by atoms with Crippen molar-refractivity contribution in [1.29, 1.82) is 0 Å². The van der Waals surface area contributed by atoms with Gasteiger partial charge in [0.25, 0.3) is 10.4 Å². The van der Waals surface area contributed by atoms with Gasteiger partial charge in [0.1, 0.15) is 11.5 Å². The van der Waals surface area contributed by atoms with Crippen LogP contribution in [-0.2, 0) is 10.4 Å². The Morgan fingerprint density at radius 1 is 1.38 bits per heavy atom. The van der Waals surface area contributed by atoms with Crippen LogP contribution in [0.25, 0.3) is 0 Å². The fourth-order valence-corrected chi connectivity index (χ4v) is 0.993. The minimum absolute atomic E-state index is 0. The van der Waals surface area contributed by atoms with Gasteiger partial charge >= 0.3 is 29.6 Å². The molecule has 0 heterocycles. The fraction of sp³-hybridized carbons (Fsp3) is 0. The van der Waals surface area contributed by atoms with Crippen molar-refractivity contribution in [1.82, 2.24) is 0 Å². The Balaban J connectivity index is 0.00000144. The molecule has 7 heteroatoms. The van der Waals surface area contributed by atoms with E-state index in [4.69, 9.17) is 5.11 Å². The molecule has 5 nitrogen and oxygen atoms in total. The number of aromatic hydroxyl groups is 1. The van der Waals surface area contributed by atoms with E-state index in [1.807, 2.05) is 0 Å². The van der Waals surface area contributed by atoms with Crippen molar-refractivity contribution >= 4 is 10.4 Å². The van der Waals surface area contributed by atoms with Gasteiger partial charge in [-0.15, -0.1) is 0 Å². The Morgan fingerprint density at radius 3 is 2.46 bits per heavy atom. The van der Waals surface area contributed by atoms with Crippen molar-refractivity contribution in [3.8, 4) is 11.5 Å². The molecule has 0 bridgehead atoms. The number of phenols is 1. The summed E-state index contributed by atoms with van der Waals surface area (Å²) in [7, 11) is -4.76. The van der Waals surface area contributed by atoms with Crippen molar-refractivity contribution in [3.63, 3.8) is 0 Å². The monoisotopic (exact) mass is 212 g/mol. The van der Waals surface area contributed by atoms with Gasteiger partial charge in [0.2, 0.25) is 0 Å². The summed E-state index contributed by atoms with van der Waals surface area (Å²) in [6, 6.07) is 4.95. The molecule has 13 heavy (non-hydrogen) atoms. The predicted octanol–water partition coefficient (Wildman–Crippen LogP) is -2.76. The molecule has 0 amide bonds. The molecule has 0 aliphatic heterocycles. The van der Waals surface area contributed by atoms with E-state index in [1.54, 1.807) is 0 Å². The van der Waals surface area contributed by atoms with E-state index < -0.39 is 10.4 Å². The molecule has 1 N–H and O–H groups in total. The van der Waals surface area contributed by atoms with Crippen LogP contribution in [0.5, 0.6) is 11.5 Å². The summed E-state index contributed by atoms with van der Waals surface area (Å²) in [4.78, 5) is 0. The van der Waals surface area contributed by atoms with Crippen LogP contribution in [0.15, 0.2) is 24.3 Å². The van der Waals surface area contributed by atoms with Gasteiger partial charge in [-0.05, 0) is 12.1 Å². The SMILES string of the molecule is O=S(=O)([O-])Oc1cccc(O)c1.[Na+]. The maximum absolute atomic E-state index is 10.1. The first-order valence-electron chi connectivity index (χ1n) is 2.92. The Labute approximate surface area is 97.6 Å². The molecule has 66 valence electrons. The molecular weight excluding hydrogens is 207 g/mol.